The summed E-state index contributed by atoms with van der Waals surface area (Å²) in [4.78, 5) is 11.3. The van der Waals surface area contributed by atoms with E-state index in [1.54, 1.807) is 13.2 Å². The summed E-state index contributed by atoms with van der Waals surface area (Å²) in [5.74, 6) is 1.45. The molecule has 72 valence electrons. The summed E-state index contributed by atoms with van der Waals surface area (Å²) in [6.45, 7) is 7.72. The van der Waals surface area contributed by atoms with Gasteiger partial charge in [0, 0.05) is 6.42 Å². The molecule has 13 heavy (non-hydrogen) atoms. The normalized spacial score (nSPS) is 10.8. The van der Waals surface area contributed by atoms with Crippen molar-refractivity contribution < 1.29 is 9.21 Å². The fourth-order valence-corrected chi connectivity index (χ4v) is 1.49. The Morgan fingerprint density at radius 3 is 2.62 bits per heavy atom. The highest BCUT2D eigenvalue weighted by atomic mass is 16.3. The maximum absolute atomic E-state index is 11.3. The summed E-state index contributed by atoms with van der Waals surface area (Å²) < 4.78 is 5.35. The number of hydrogen-bond donors (Lipinski definition) is 0. The Morgan fingerprint density at radius 1 is 1.54 bits per heavy atom. The highest BCUT2D eigenvalue weighted by molar-refractivity contribution is 5.96. The van der Waals surface area contributed by atoms with Crippen LogP contribution in [0.2, 0.25) is 0 Å². The van der Waals surface area contributed by atoms with Gasteiger partial charge in [-0.2, -0.15) is 0 Å². The third-order valence-corrected chi connectivity index (χ3v) is 2.00. The van der Waals surface area contributed by atoms with E-state index in [9.17, 15) is 4.79 Å². The lowest BCUT2D eigenvalue weighted by molar-refractivity contribution is 0.101. The van der Waals surface area contributed by atoms with E-state index in [0.717, 1.165) is 23.3 Å². The largest absolute Gasteiger partial charge is 0.468 e. The van der Waals surface area contributed by atoms with E-state index in [2.05, 4.69) is 13.8 Å². The molecule has 1 aromatic rings. The Balaban J connectivity index is 3.00. The lowest BCUT2D eigenvalue weighted by Gasteiger charge is -2.02. The van der Waals surface area contributed by atoms with Crippen LogP contribution in [0.25, 0.3) is 0 Å². The second kappa shape index (κ2) is 3.77. The van der Waals surface area contributed by atoms with Gasteiger partial charge in [0.25, 0.3) is 0 Å². The number of hydrogen-bond acceptors (Lipinski definition) is 2. The van der Waals surface area contributed by atoms with Crippen LogP contribution in [0.15, 0.2) is 10.7 Å². The monoisotopic (exact) mass is 180 g/mol. The summed E-state index contributed by atoms with van der Waals surface area (Å²) in [6, 6.07) is 0. The Labute approximate surface area is 78.9 Å². The fourth-order valence-electron chi connectivity index (χ4n) is 1.49. The summed E-state index contributed by atoms with van der Waals surface area (Å²) in [5, 5.41) is 0. The number of carbonyl (C=O) groups excluding carboxylic acids is 1. The van der Waals surface area contributed by atoms with Crippen LogP contribution in [0.1, 0.15) is 42.5 Å². The molecule has 0 spiro atoms. The van der Waals surface area contributed by atoms with Crippen LogP contribution in [0.4, 0.5) is 0 Å². The van der Waals surface area contributed by atoms with Gasteiger partial charge >= 0.3 is 0 Å². The molecule has 0 aliphatic carbocycles. The van der Waals surface area contributed by atoms with E-state index in [4.69, 9.17) is 4.42 Å². The molecule has 2 nitrogen and oxygen atoms in total. The molecule has 0 bridgehead atoms. The van der Waals surface area contributed by atoms with Crippen molar-refractivity contribution in [1.29, 1.82) is 0 Å². The van der Waals surface area contributed by atoms with Crippen LogP contribution in [-0.2, 0) is 6.42 Å². The van der Waals surface area contributed by atoms with Crippen molar-refractivity contribution in [2.45, 2.75) is 34.1 Å². The standard InChI is InChI=1S/C11H16O2/c1-7(2)5-10-11(9(4)12)8(3)6-13-10/h6-7H,5H2,1-4H3. The molecule has 0 fully saturated rings. The first kappa shape index (κ1) is 10.0. The third-order valence-electron chi connectivity index (χ3n) is 2.00. The zero-order valence-electron chi connectivity index (χ0n) is 8.68. The topological polar surface area (TPSA) is 30.2 Å². The average molecular weight is 180 g/mol. The van der Waals surface area contributed by atoms with E-state index in [1.165, 1.54) is 0 Å². The van der Waals surface area contributed by atoms with Gasteiger partial charge in [0.05, 0.1) is 11.8 Å². The van der Waals surface area contributed by atoms with Crippen molar-refractivity contribution in [3.63, 3.8) is 0 Å². The van der Waals surface area contributed by atoms with Crippen molar-refractivity contribution in [2.75, 3.05) is 0 Å². The van der Waals surface area contributed by atoms with E-state index in [-0.39, 0.29) is 5.78 Å². The van der Waals surface area contributed by atoms with Gasteiger partial charge in [0.1, 0.15) is 5.76 Å². The molecular weight excluding hydrogens is 164 g/mol. The van der Waals surface area contributed by atoms with E-state index >= 15 is 0 Å². The maximum atomic E-state index is 11.3. The lowest BCUT2D eigenvalue weighted by atomic mass is 10.0. The molecule has 0 radical (unpaired) electrons. The van der Waals surface area contributed by atoms with Crippen LogP contribution >= 0.6 is 0 Å². The van der Waals surface area contributed by atoms with Crippen molar-refractivity contribution in [3.8, 4) is 0 Å². The Hall–Kier alpha value is -1.05. The van der Waals surface area contributed by atoms with Crippen LogP contribution in [0.5, 0.6) is 0 Å². The SMILES string of the molecule is CC(=O)c1c(C)coc1CC(C)C. The molecular formula is C11H16O2. The smallest absolute Gasteiger partial charge is 0.163 e. The Kier molecular flexibility index (Phi) is 2.91. The van der Waals surface area contributed by atoms with Gasteiger partial charge in [-0.1, -0.05) is 13.8 Å². The summed E-state index contributed by atoms with van der Waals surface area (Å²) in [6.07, 6.45) is 2.50. The molecule has 0 N–H and O–H groups in total. The molecule has 2 heteroatoms. The number of ketones is 1. The van der Waals surface area contributed by atoms with Gasteiger partial charge in [-0.05, 0) is 25.3 Å². The van der Waals surface area contributed by atoms with E-state index in [0.29, 0.717) is 5.92 Å². The first-order chi connectivity index (χ1) is 6.02. The highest BCUT2D eigenvalue weighted by Crippen LogP contribution is 2.20. The molecule has 0 atom stereocenters. The molecule has 1 heterocycles. The number of rotatable bonds is 3. The van der Waals surface area contributed by atoms with Crippen LogP contribution < -0.4 is 0 Å². The minimum absolute atomic E-state index is 0.0990. The predicted molar refractivity (Wildman–Crippen MR) is 52.0 cm³/mol. The lowest BCUT2D eigenvalue weighted by Crippen LogP contribution is -2.01. The zero-order chi connectivity index (χ0) is 10.0. The summed E-state index contributed by atoms with van der Waals surface area (Å²) >= 11 is 0. The average Bonchev–Trinajstić information content (AvgIpc) is 2.30. The third kappa shape index (κ3) is 2.20. The van der Waals surface area contributed by atoms with E-state index in [1.807, 2.05) is 6.92 Å². The summed E-state index contributed by atoms with van der Waals surface area (Å²) in [5.41, 5.74) is 1.72. The van der Waals surface area contributed by atoms with Gasteiger partial charge in [0.15, 0.2) is 5.78 Å². The van der Waals surface area contributed by atoms with Gasteiger partial charge in [-0.25, -0.2) is 0 Å². The van der Waals surface area contributed by atoms with Crippen LogP contribution in [0, 0.1) is 12.8 Å². The highest BCUT2D eigenvalue weighted by Gasteiger charge is 2.15. The number of aryl methyl sites for hydroxylation is 1. The number of carbonyl (C=O) groups is 1. The number of furan rings is 1. The molecule has 1 aromatic heterocycles. The molecule has 0 unspecified atom stereocenters. The van der Waals surface area contributed by atoms with Crippen LogP contribution in [-0.4, -0.2) is 5.78 Å². The minimum Gasteiger partial charge on any atom is -0.468 e. The number of Topliss-reactive ketones (excluding diaryl/α,β-unsaturated/α-hetero) is 1. The molecule has 0 saturated heterocycles. The molecule has 0 saturated carbocycles. The van der Waals surface area contributed by atoms with Crippen molar-refractivity contribution in [2.24, 2.45) is 5.92 Å². The first-order valence-corrected chi connectivity index (χ1v) is 4.60. The van der Waals surface area contributed by atoms with Gasteiger partial charge in [-0.3, -0.25) is 4.79 Å². The molecule has 0 aliphatic rings. The second-order valence-electron chi connectivity index (χ2n) is 3.87. The molecule has 0 amide bonds. The fraction of sp³-hybridized carbons (Fsp3) is 0.545. The van der Waals surface area contributed by atoms with E-state index < -0.39 is 0 Å². The van der Waals surface area contributed by atoms with Gasteiger partial charge in [0.2, 0.25) is 0 Å². The van der Waals surface area contributed by atoms with Crippen molar-refractivity contribution in [3.05, 3.63) is 23.2 Å². The predicted octanol–water partition coefficient (Wildman–Crippen LogP) is 2.99. The van der Waals surface area contributed by atoms with Crippen molar-refractivity contribution in [1.82, 2.24) is 0 Å². The van der Waals surface area contributed by atoms with Gasteiger partial charge < -0.3 is 4.42 Å². The zero-order valence-corrected chi connectivity index (χ0v) is 8.68. The quantitative estimate of drug-likeness (QED) is 0.669. The molecule has 1 rings (SSSR count). The van der Waals surface area contributed by atoms with Crippen LogP contribution in [0.3, 0.4) is 0 Å². The maximum Gasteiger partial charge on any atom is 0.163 e. The Morgan fingerprint density at radius 2 is 2.15 bits per heavy atom. The second-order valence-corrected chi connectivity index (χ2v) is 3.87. The molecule has 0 aromatic carbocycles. The van der Waals surface area contributed by atoms with Crippen molar-refractivity contribution >= 4 is 5.78 Å². The van der Waals surface area contributed by atoms with Gasteiger partial charge in [-0.15, -0.1) is 0 Å². The summed E-state index contributed by atoms with van der Waals surface area (Å²) in [7, 11) is 0. The Bertz CT molecular complexity index is 308. The first-order valence-electron chi connectivity index (χ1n) is 4.60. The molecule has 0 aliphatic heterocycles. The minimum atomic E-state index is 0.0990.